The van der Waals surface area contributed by atoms with E-state index in [1.807, 2.05) is 0 Å². The fraction of sp³-hybridized carbons (Fsp3) is 0.448. The highest BCUT2D eigenvalue weighted by Crippen LogP contribution is 2.37. The Morgan fingerprint density at radius 1 is 0.690 bits per heavy atom. The molecule has 0 saturated heterocycles. The van der Waals surface area contributed by atoms with Crippen molar-refractivity contribution >= 4 is 10.8 Å². The summed E-state index contributed by atoms with van der Waals surface area (Å²) in [5.41, 5.74) is 4.48. The van der Waals surface area contributed by atoms with E-state index in [1.54, 1.807) is 5.56 Å². The van der Waals surface area contributed by atoms with E-state index in [4.69, 9.17) is 0 Å². The molecule has 0 aromatic heterocycles. The van der Waals surface area contributed by atoms with Gasteiger partial charge in [-0.1, -0.05) is 99.3 Å². The molecule has 0 amide bonds. The largest absolute Gasteiger partial charge is 0.0654 e. The Labute approximate surface area is 177 Å². The third kappa shape index (κ3) is 5.50. The van der Waals surface area contributed by atoms with Crippen molar-refractivity contribution in [3.8, 4) is 0 Å². The van der Waals surface area contributed by atoms with E-state index in [9.17, 15) is 0 Å². The summed E-state index contributed by atoms with van der Waals surface area (Å²) < 4.78 is 0. The number of fused-ring (bicyclic) bond motifs is 1. The molecule has 3 aromatic rings. The Hall–Kier alpha value is -2.08. The van der Waals surface area contributed by atoms with E-state index in [1.165, 1.54) is 73.3 Å². The predicted octanol–water partition coefficient (Wildman–Crippen LogP) is 8.48. The summed E-state index contributed by atoms with van der Waals surface area (Å²) in [6, 6.07) is 25.1. The molecule has 0 heteroatoms. The standard InChI is InChI=1S/C29H36/c1-2-3-4-7-23-12-17-27(18-13-23)28-19-14-24(15-20-28)10-11-25-16-21-26-8-5-6-9-29(26)22-25/h5-6,8-9,14-16,19-23,27H,2-4,7,10-13,17-18H2,1H3. The number of hydrogen-bond acceptors (Lipinski definition) is 0. The van der Waals surface area contributed by atoms with Crippen LogP contribution in [0.1, 0.15) is 80.9 Å². The fourth-order valence-electron chi connectivity index (χ4n) is 5.11. The molecule has 1 aliphatic carbocycles. The zero-order chi connectivity index (χ0) is 19.9. The maximum atomic E-state index is 2.41. The third-order valence-corrected chi connectivity index (χ3v) is 7.03. The van der Waals surface area contributed by atoms with Gasteiger partial charge in [-0.2, -0.15) is 0 Å². The average Bonchev–Trinajstić information content (AvgIpc) is 2.79. The van der Waals surface area contributed by atoms with Crippen molar-refractivity contribution in [2.75, 3.05) is 0 Å². The molecule has 3 aromatic carbocycles. The molecule has 152 valence electrons. The maximum Gasteiger partial charge on any atom is -0.0162 e. The molecule has 0 aliphatic heterocycles. The molecular formula is C29H36. The number of hydrogen-bond donors (Lipinski definition) is 0. The summed E-state index contributed by atoms with van der Waals surface area (Å²) in [5.74, 6) is 1.80. The monoisotopic (exact) mass is 384 g/mol. The second-order valence-corrected chi connectivity index (χ2v) is 9.14. The van der Waals surface area contributed by atoms with Crippen LogP contribution in [0.2, 0.25) is 0 Å². The Balaban J connectivity index is 1.28. The molecule has 0 bridgehead atoms. The van der Waals surface area contributed by atoms with Gasteiger partial charge in [0, 0.05) is 0 Å². The minimum Gasteiger partial charge on any atom is -0.0654 e. The Kier molecular flexibility index (Phi) is 7.04. The molecule has 0 atom stereocenters. The Bertz CT molecular complexity index is 881. The summed E-state index contributed by atoms with van der Waals surface area (Å²) >= 11 is 0. The number of unbranched alkanes of at least 4 members (excludes halogenated alkanes) is 2. The summed E-state index contributed by atoms with van der Waals surface area (Å²) in [6.07, 6.45) is 13.6. The molecule has 4 rings (SSSR count). The fourth-order valence-corrected chi connectivity index (χ4v) is 5.11. The van der Waals surface area contributed by atoms with Gasteiger partial charge in [-0.05, 0) is 77.8 Å². The second-order valence-electron chi connectivity index (χ2n) is 9.14. The lowest BCUT2D eigenvalue weighted by Gasteiger charge is -2.29. The molecule has 1 aliphatic rings. The molecule has 1 fully saturated rings. The molecule has 0 unspecified atom stereocenters. The zero-order valence-electron chi connectivity index (χ0n) is 18.1. The van der Waals surface area contributed by atoms with Crippen LogP contribution in [-0.2, 0) is 12.8 Å². The van der Waals surface area contributed by atoms with Gasteiger partial charge in [0.15, 0.2) is 0 Å². The zero-order valence-corrected chi connectivity index (χ0v) is 18.1. The van der Waals surface area contributed by atoms with Gasteiger partial charge in [-0.25, -0.2) is 0 Å². The molecule has 1 saturated carbocycles. The first kappa shape index (κ1) is 20.2. The first-order valence-electron chi connectivity index (χ1n) is 11.9. The quantitative estimate of drug-likeness (QED) is 0.342. The number of aryl methyl sites for hydroxylation is 2. The van der Waals surface area contributed by atoms with E-state index >= 15 is 0 Å². The van der Waals surface area contributed by atoms with Crippen molar-refractivity contribution in [2.45, 2.75) is 77.0 Å². The Morgan fingerprint density at radius 2 is 1.38 bits per heavy atom. The molecule has 29 heavy (non-hydrogen) atoms. The summed E-state index contributed by atoms with van der Waals surface area (Å²) in [7, 11) is 0. The maximum absolute atomic E-state index is 2.41. The lowest BCUT2D eigenvalue weighted by molar-refractivity contribution is 0.303. The first-order valence-corrected chi connectivity index (χ1v) is 11.9. The summed E-state index contributed by atoms with van der Waals surface area (Å²) in [4.78, 5) is 0. The van der Waals surface area contributed by atoms with Crippen molar-refractivity contribution in [3.05, 3.63) is 83.4 Å². The summed E-state index contributed by atoms with van der Waals surface area (Å²) in [5, 5.41) is 2.69. The van der Waals surface area contributed by atoms with E-state index in [0.29, 0.717) is 0 Å². The topological polar surface area (TPSA) is 0 Å². The van der Waals surface area contributed by atoms with Crippen molar-refractivity contribution in [2.24, 2.45) is 5.92 Å². The molecule has 0 heterocycles. The van der Waals surface area contributed by atoms with Crippen LogP contribution >= 0.6 is 0 Å². The van der Waals surface area contributed by atoms with Crippen LogP contribution < -0.4 is 0 Å². The van der Waals surface area contributed by atoms with Gasteiger partial charge in [0.1, 0.15) is 0 Å². The van der Waals surface area contributed by atoms with E-state index < -0.39 is 0 Å². The van der Waals surface area contributed by atoms with E-state index in [2.05, 4.69) is 73.7 Å². The molecule has 0 N–H and O–H groups in total. The van der Waals surface area contributed by atoms with E-state index in [0.717, 1.165) is 24.7 Å². The van der Waals surface area contributed by atoms with Crippen LogP contribution in [-0.4, -0.2) is 0 Å². The van der Waals surface area contributed by atoms with Crippen LogP contribution in [0.4, 0.5) is 0 Å². The third-order valence-electron chi connectivity index (χ3n) is 7.03. The second kappa shape index (κ2) is 10.1. The van der Waals surface area contributed by atoms with Crippen molar-refractivity contribution in [3.63, 3.8) is 0 Å². The highest BCUT2D eigenvalue weighted by molar-refractivity contribution is 5.82. The van der Waals surface area contributed by atoms with Gasteiger partial charge >= 0.3 is 0 Å². The van der Waals surface area contributed by atoms with E-state index in [-0.39, 0.29) is 0 Å². The van der Waals surface area contributed by atoms with Crippen LogP contribution in [0.15, 0.2) is 66.7 Å². The lowest BCUT2D eigenvalue weighted by Crippen LogP contribution is -2.13. The van der Waals surface area contributed by atoms with Crippen LogP contribution in [0.25, 0.3) is 10.8 Å². The van der Waals surface area contributed by atoms with Gasteiger partial charge in [-0.3, -0.25) is 0 Å². The number of rotatable bonds is 8. The van der Waals surface area contributed by atoms with Crippen LogP contribution in [0, 0.1) is 5.92 Å². The van der Waals surface area contributed by atoms with Gasteiger partial charge in [-0.15, -0.1) is 0 Å². The van der Waals surface area contributed by atoms with Crippen LogP contribution in [0.5, 0.6) is 0 Å². The molecule has 0 spiro atoms. The highest BCUT2D eigenvalue weighted by atomic mass is 14.3. The van der Waals surface area contributed by atoms with Gasteiger partial charge in [0.2, 0.25) is 0 Å². The first-order chi connectivity index (χ1) is 14.3. The van der Waals surface area contributed by atoms with Crippen molar-refractivity contribution in [1.82, 2.24) is 0 Å². The minimum absolute atomic E-state index is 0.798. The molecule has 0 nitrogen and oxygen atoms in total. The minimum atomic E-state index is 0.798. The van der Waals surface area contributed by atoms with Crippen molar-refractivity contribution in [1.29, 1.82) is 0 Å². The van der Waals surface area contributed by atoms with Crippen LogP contribution in [0.3, 0.4) is 0 Å². The molecular weight excluding hydrogens is 348 g/mol. The molecule has 0 radical (unpaired) electrons. The average molecular weight is 385 g/mol. The van der Waals surface area contributed by atoms with Gasteiger partial charge in [0.25, 0.3) is 0 Å². The predicted molar refractivity (Wildman–Crippen MR) is 127 cm³/mol. The summed E-state index contributed by atoms with van der Waals surface area (Å²) in [6.45, 7) is 2.31. The normalized spacial score (nSPS) is 19.5. The van der Waals surface area contributed by atoms with Crippen molar-refractivity contribution < 1.29 is 0 Å². The SMILES string of the molecule is CCCCCC1CCC(c2ccc(CCc3ccc4ccccc4c3)cc2)CC1. The van der Waals surface area contributed by atoms with Gasteiger partial charge < -0.3 is 0 Å². The highest BCUT2D eigenvalue weighted by Gasteiger charge is 2.21. The smallest absolute Gasteiger partial charge is 0.0162 e. The Morgan fingerprint density at radius 3 is 2.14 bits per heavy atom. The number of benzene rings is 3. The van der Waals surface area contributed by atoms with Gasteiger partial charge in [0.05, 0.1) is 0 Å². The lowest BCUT2D eigenvalue weighted by atomic mass is 9.77.